The molecule has 2 aliphatic rings. The highest BCUT2D eigenvalue weighted by Gasteiger charge is 2.32. The van der Waals surface area contributed by atoms with E-state index in [-0.39, 0.29) is 29.7 Å². The van der Waals surface area contributed by atoms with Crippen LogP contribution < -0.4 is 0 Å². The van der Waals surface area contributed by atoms with E-state index in [0.29, 0.717) is 32.6 Å². The summed E-state index contributed by atoms with van der Waals surface area (Å²) in [6.07, 6.45) is 1.39. The number of nitrogens with zero attached hydrogens (tertiary/aromatic N) is 3. The summed E-state index contributed by atoms with van der Waals surface area (Å²) < 4.78 is 13.9. The second-order valence-electron chi connectivity index (χ2n) is 8.19. The van der Waals surface area contributed by atoms with Gasteiger partial charge in [0.05, 0.1) is 6.04 Å². The molecule has 3 heterocycles. The average molecular weight is 430 g/mol. The SMILES string of the molecule is CC(=O)N1CCN(C(=O)CCN2CCc3sccc3[C@H]2c2cccc(F)c2)C[C@H]1C. The van der Waals surface area contributed by atoms with Gasteiger partial charge in [-0.3, -0.25) is 14.5 Å². The molecule has 4 rings (SSSR count). The molecule has 1 aromatic carbocycles. The molecule has 1 fully saturated rings. The Morgan fingerprint density at radius 1 is 1.20 bits per heavy atom. The zero-order valence-electron chi connectivity index (χ0n) is 17.5. The Kier molecular flexibility index (Phi) is 6.20. The van der Waals surface area contributed by atoms with Crippen molar-refractivity contribution in [2.24, 2.45) is 0 Å². The Bertz CT molecular complexity index is 931. The van der Waals surface area contributed by atoms with E-state index < -0.39 is 0 Å². The third kappa shape index (κ3) is 4.27. The maximum Gasteiger partial charge on any atom is 0.223 e. The van der Waals surface area contributed by atoms with E-state index in [2.05, 4.69) is 16.3 Å². The van der Waals surface area contributed by atoms with Crippen LogP contribution in [-0.4, -0.2) is 65.3 Å². The molecule has 2 aliphatic heterocycles. The minimum absolute atomic E-state index is 0.0167. The van der Waals surface area contributed by atoms with Gasteiger partial charge in [-0.15, -0.1) is 11.3 Å². The van der Waals surface area contributed by atoms with Crippen molar-refractivity contribution in [3.05, 3.63) is 57.5 Å². The van der Waals surface area contributed by atoms with Crippen LogP contribution in [-0.2, 0) is 16.0 Å². The summed E-state index contributed by atoms with van der Waals surface area (Å²) in [6, 6.07) is 8.96. The summed E-state index contributed by atoms with van der Waals surface area (Å²) >= 11 is 1.75. The molecule has 0 radical (unpaired) electrons. The molecule has 160 valence electrons. The lowest BCUT2D eigenvalue weighted by molar-refractivity contribution is -0.141. The van der Waals surface area contributed by atoms with Gasteiger partial charge >= 0.3 is 0 Å². The smallest absolute Gasteiger partial charge is 0.223 e. The molecule has 1 aromatic heterocycles. The van der Waals surface area contributed by atoms with Crippen LogP contribution in [0.25, 0.3) is 0 Å². The van der Waals surface area contributed by atoms with Crippen molar-refractivity contribution in [2.45, 2.75) is 38.8 Å². The number of fused-ring (bicyclic) bond motifs is 1. The Morgan fingerprint density at radius 3 is 2.77 bits per heavy atom. The van der Waals surface area contributed by atoms with Gasteiger partial charge in [-0.2, -0.15) is 0 Å². The van der Waals surface area contributed by atoms with E-state index in [1.807, 2.05) is 22.8 Å². The highest BCUT2D eigenvalue weighted by atomic mass is 32.1. The number of hydrogen-bond donors (Lipinski definition) is 0. The molecular weight excluding hydrogens is 401 g/mol. The highest BCUT2D eigenvalue weighted by Crippen LogP contribution is 2.38. The minimum atomic E-state index is -0.233. The average Bonchev–Trinajstić information content (AvgIpc) is 3.20. The molecule has 0 saturated carbocycles. The number of benzene rings is 1. The fourth-order valence-corrected chi connectivity index (χ4v) is 5.63. The highest BCUT2D eigenvalue weighted by molar-refractivity contribution is 7.10. The number of thiophene rings is 1. The third-order valence-corrected chi connectivity index (χ3v) is 7.22. The maximum absolute atomic E-state index is 13.9. The summed E-state index contributed by atoms with van der Waals surface area (Å²) in [5, 5.41) is 2.10. The summed E-state index contributed by atoms with van der Waals surface area (Å²) in [7, 11) is 0. The fraction of sp³-hybridized carbons (Fsp3) is 0.478. The lowest BCUT2D eigenvalue weighted by Crippen LogP contribution is -2.55. The summed E-state index contributed by atoms with van der Waals surface area (Å²) in [6.45, 7) is 6.83. The summed E-state index contributed by atoms with van der Waals surface area (Å²) in [5.74, 6) is -0.0465. The normalized spacial score (nSPS) is 22.1. The predicted octanol–water partition coefficient (Wildman–Crippen LogP) is 3.30. The zero-order chi connectivity index (χ0) is 21.3. The first-order valence-electron chi connectivity index (χ1n) is 10.5. The van der Waals surface area contributed by atoms with Crippen LogP contribution in [0.4, 0.5) is 4.39 Å². The van der Waals surface area contributed by atoms with Crippen molar-refractivity contribution in [3.63, 3.8) is 0 Å². The van der Waals surface area contributed by atoms with Crippen LogP contribution in [0, 0.1) is 5.82 Å². The lowest BCUT2D eigenvalue weighted by Gasteiger charge is -2.40. The van der Waals surface area contributed by atoms with Gasteiger partial charge < -0.3 is 9.80 Å². The quantitative estimate of drug-likeness (QED) is 0.749. The number of carbonyl (C=O) groups excluding carboxylic acids is 2. The van der Waals surface area contributed by atoms with Crippen molar-refractivity contribution in [3.8, 4) is 0 Å². The second-order valence-corrected chi connectivity index (χ2v) is 9.19. The number of hydrogen-bond acceptors (Lipinski definition) is 4. The van der Waals surface area contributed by atoms with Crippen molar-refractivity contribution in [2.75, 3.05) is 32.7 Å². The lowest BCUT2D eigenvalue weighted by atomic mass is 9.93. The monoisotopic (exact) mass is 429 g/mol. The molecule has 30 heavy (non-hydrogen) atoms. The summed E-state index contributed by atoms with van der Waals surface area (Å²) in [4.78, 5) is 31.9. The topological polar surface area (TPSA) is 43.9 Å². The first-order valence-corrected chi connectivity index (χ1v) is 11.4. The van der Waals surface area contributed by atoms with Crippen LogP contribution in [0.2, 0.25) is 0 Å². The standard InChI is InChI=1S/C23H28FN3O2S/c1-16-15-26(11-12-27(16)17(2)28)22(29)7-10-25-9-6-21-20(8-13-30-21)23(25)18-4-3-5-19(24)14-18/h3-5,8,13-14,16,23H,6-7,9-12,15H2,1-2H3/t16-,23-/m1/s1. The van der Waals surface area contributed by atoms with Crippen molar-refractivity contribution >= 4 is 23.2 Å². The Hall–Kier alpha value is -2.25. The molecule has 0 aliphatic carbocycles. The molecule has 2 atom stereocenters. The molecule has 2 amide bonds. The fourth-order valence-electron chi connectivity index (χ4n) is 4.73. The van der Waals surface area contributed by atoms with Gasteiger partial charge in [0.1, 0.15) is 5.82 Å². The van der Waals surface area contributed by atoms with Crippen LogP contribution in [0.3, 0.4) is 0 Å². The maximum atomic E-state index is 13.9. The number of piperazine rings is 1. The van der Waals surface area contributed by atoms with E-state index >= 15 is 0 Å². The minimum Gasteiger partial charge on any atom is -0.339 e. The number of rotatable bonds is 4. The number of carbonyl (C=O) groups is 2. The Morgan fingerprint density at radius 2 is 2.03 bits per heavy atom. The number of amides is 2. The predicted molar refractivity (Wildman–Crippen MR) is 116 cm³/mol. The zero-order valence-corrected chi connectivity index (χ0v) is 18.3. The summed E-state index contributed by atoms with van der Waals surface area (Å²) in [5.41, 5.74) is 2.17. The van der Waals surface area contributed by atoms with Crippen LogP contribution in [0.5, 0.6) is 0 Å². The molecule has 0 bridgehead atoms. The van der Waals surface area contributed by atoms with Crippen molar-refractivity contribution < 1.29 is 14.0 Å². The Labute approximate surface area is 181 Å². The molecule has 0 unspecified atom stereocenters. The van der Waals surface area contributed by atoms with E-state index in [4.69, 9.17) is 0 Å². The van der Waals surface area contributed by atoms with Crippen LogP contribution in [0.1, 0.15) is 42.3 Å². The van der Waals surface area contributed by atoms with Gasteiger partial charge in [0, 0.05) is 57.0 Å². The van der Waals surface area contributed by atoms with Gasteiger partial charge in [-0.1, -0.05) is 12.1 Å². The third-order valence-electron chi connectivity index (χ3n) is 6.23. The molecule has 2 aromatic rings. The molecular formula is C23H28FN3O2S. The van der Waals surface area contributed by atoms with E-state index in [1.54, 1.807) is 30.4 Å². The van der Waals surface area contributed by atoms with Crippen LogP contribution >= 0.6 is 11.3 Å². The molecule has 7 heteroatoms. The first kappa shape index (κ1) is 21.0. The van der Waals surface area contributed by atoms with Gasteiger partial charge in [0.15, 0.2) is 0 Å². The second kappa shape index (κ2) is 8.86. The van der Waals surface area contributed by atoms with Crippen molar-refractivity contribution in [1.82, 2.24) is 14.7 Å². The van der Waals surface area contributed by atoms with Gasteiger partial charge in [0.2, 0.25) is 11.8 Å². The largest absolute Gasteiger partial charge is 0.339 e. The van der Waals surface area contributed by atoms with Gasteiger partial charge in [0.25, 0.3) is 0 Å². The molecule has 0 spiro atoms. The first-order chi connectivity index (χ1) is 14.4. The molecule has 0 N–H and O–H groups in total. The Balaban J connectivity index is 1.45. The number of halogens is 1. The van der Waals surface area contributed by atoms with E-state index in [1.165, 1.54) is 16.5 Å². The van der Waals surface area contributed by atoms with E-state index in [9.17, 15) is 14.0 Å². The molecule has 1 saturated heterocycles. The van der Waals surface area contributed by atoms with Crippen LogP contribution in [0.15, 0.2) is 35.7 Å². The molecule has 5 nitrogen and oxygen atoms in total. The van der Waals surface area contributed by atoms with Gasteiger partial charge in [-0.05, 0) is 48.1 Å². The van der Waals surface area contributed by atoms with E-state index in [0.717, 1.165) is 18.5 Å². The van der Waals surface area contributed by atoms with Crippen molar-refractivity contribution in [1.29, 1.82) is 0 Å². The van der Waals surface area contributed by atoms with Gasteiger partial charge in [-0.25, -0.2) is 4.39 Å².